The number of thiophene rings is 1. The summed E-state index contributed by atoms with van der Waals surface area (Å²) in [6.07, 6.45) is 7.28. The quantitative estimate of drug-likeness (QED) is 0.893. The molecule has 0 aliphatic carbocycles. The molecule has 26 heavy (non-hydrogen) atoms. The van der Waals surface area contributed by atoms with Crippen molar-refractivity contribution in [3.8, 4) is 0 Å². The van der Waals surface area contributed by atoms with Gasteiger partial charge in [0.1, 0.15) is 0 Å². The van der Waals surface area contributed by atoms with E-state index in [1.54, 1.807) is 11.3 Å². The van der Waals surface area contributed by atoms with Crippen molar-refractivity contribution in [3.05, 3.63) is 39.6 Å². The Labute approximate surface area is 159 Å². The van der Waals surface area contributed by atoms with Gasteiger partial charge in [-0.3, -0.25) is 9.69 Å². The summed E-state index contributed by atoms with van der Waals surface area (Å²) in [7, 11) is 0. The number of carbonyl (C=O) groups excluding carboxylic acids is 1. The molecule has 0 aromatic carbocycles. The number of fused-ring (bicyclic) bond motifs is 2. The van der Waals surface area contributed by atoms with Crippen molar-refractivity contribution < 1.29 is 4.79 Å². The predicted octanol–water partition coefficient (Wildman–Crippen LogP) is 3.57. The Bertz CT molecular complexity index is 772. The molecule has 1 N–H and O–H groups in total. The number of nitrogens with zero attached hydrogens (tertiary/aromatic N) is 3. The molecule has 4 rings (SSSR count). The first-order chi connectivity index (χ1) is 12.6. The number of aromatic amines is 1. The minimum Gasteiger partial charge on any atom is -0.348 e. The summed E-state index contributed by atoms with van der Waals surface area (Å²) in [6.45, 7) is 8.14. The smallest absolute Gasteiger partial charge is 0.254 e. The van der Waals surface area contributed by atoms with E-state index in [0.717, 1.165) is 51.0 Å². The zero-order valence-corrected chi connectivity index (χ0v) is 16.6. The standard InChI is InChI=1S/C20H28N4OS/c1-3-4-8-24-9-5-17-18(22-14-21-17)20(24)6-10-23(11-7-20)19(25)16-12-15(2)26-13-16/h12-14H,3-11H2,1-2H3,(H,21,22). The van der Waals surface area contributed by atoms with E-state index in [4.69, 9.17) is 4.98 Å². The first kappa shape index (κ1) is 17.7. The Morgan fingerprint density at radius 3 is 2.85 bits per heavy atom. The number of H-pyrrole nitrogens is 1. The number of likely N-dealkylation sites (tertiary alicyclic amines) is 1. The number of amides is 1. The van der Waals surface area contributed by atoms with Crippen molar-refractivity contribution in [2.24, 2.45) is 0 Å². The summed E-state index contributed by atoms with van der Waals surface area (Å²) in [4.78, 5) is 26.8. The SMILES string of the molecule is CCCCN1CCc2[nH]cnc2C12CCN(C(=O)c1csc(C)c1)CC2. The predicted molar refractivity (Wildman–Crippen MR) is 105 cm³/mol. The average Bonchev–Trinajstić information content (AvgIpc) is 3.31. The minimum absolute atomic E-state index is 0.00406. The molecular formula is C20H28N4OS. The Balaban J connectivity index is 1.54. The van der Waals surface area contributed by atoms with E-state index in [2.05, 4.69) is 23.7 Å². The van der Waals surface area contributed by atoms with Crippen LogP contribution in [0.1, 0.15) is 59.2 Å². The molecule has 1 amide bonds. The Morgan fingerprint density at radius 1 is 1.35 bits per heavy atom. The molecule has 0 atom stereocenters. The highest BCUT2D eigenvalue weighted by Gasteiger charge is 2.46. The topological polar surface area (TPSA) is 52.2 Å². The van der Waals surface area contributed by atoms with Crippen LogP contribution in [0.15, 0.2) is 17.8 Å². The van der Waals surface area contributed by atoms with Crippen molar-refractivity contribution >= 4 is 17.2 Å². The van der Waals surface area contributed by atoms with E-state index in [-0.39, 0.29) is 11.4 Å². The molecule has 140 valence electrons. The van der Waals surface area contributed by atoms with Crippen LogP contribution in [-0.2, 0) is 12.0 Å². The number of piperidine rings is 1. The summed E-state index contributed by atoms with van der Waals surface area (Å²) < 4.78 is 0. The number of rotatable bonds is 4. The third kappa shape index (κ3) is 2.99. The van der Waals surface area contributed by atoms with Crippen LogP contribution in [0, 0.1) is 6.92 Å². The Hall–Kier alpha value is -1.66. The lowest BCUT2D eigenvalue weighted by molar-refractivity contribution is 0.00633. The van der Waals surface area contributed by atoms with E-state index in [1.165, 1.54) is 29.1 Å². The minimum atomic E-state index is 0.00406. The van der Waals surface area contributed by atoms with Crippen LogP contribution in [-0.4, -0.2) is 51.9 Å². The van der Waals surface area contributed by atoms with Gasteiger partial charge >= 0.3 is 0 Å². The van der Waals surface area contributed by atoms with Crippen LogP contribution < -0.4 is 0 Å². The van der Waals surface area contributed by atoms with Crippen LogP contribution >= 0.6 is 11.3 Å². The number of aryl methyl sites for hydroxylation is 1. The second-order valence-electron chi connectivity index (χ2n) is 7.59. The van der Waals surface area contributed by atoms with E-state index >= 15 is 0 Å². The molecule has 0 unspecified atom stereocenters. The summed E-state index contributed by atoms with van der Waals surface area (Å²) in [5, 5.41) is 1.99. The highest BCUT2D eigenvalue weighted by Crippen LogP contribution is 2.42. The van der Waals surface area contributed by atoms with Crippen LogP contribution in [0.5, 0.6) is 0 Å². The lowest BCUT2D eigenvalue weighted by atomic mass is 9.78. The molecule has 6 heteroatoms. The summed E-state index contributed by atoms with van der Waals surface area (Å²) in [6, 6.07) is 2.01. The van der Waals surface area contributed by atoms with Gasteiger partial charge in [-0.05, 0) is 38.8 Å². The van der Waals surface area contributed by atoms with Gasteiger partial charge in [0.15, 0.2) is 0 Å². The van der Waals surface area contributed by atoms with Gasteiger partial charge in [0.25, 0.3) is 5.91 Å². The molecule has 1 saturated heterocycles. The molecule has 2 aromatic heterocycles. The molecular weight excluding hydrogens is 344 g/mol. The molecule has 5 nitrogen and oxygen atoms in total. The molecule has 0 radical (unpaired) electrons. The lowest BCUT2D eigenvalue weighted by Gasteiger charge is -2.50. The second-order valence-corrected chi connectivity index (χ2v) is 8.71. The summed E-state index contributed by atoms with van der Waals surface area (Å²) >= 11 is 1.65. The van der Waals surface area contributed by atoms with Crippen molar-refractivity contribution in [2.45, 2.75) is 51.5 Å². The molecule has 2 aliphatic heterocycles. The Morgan fingerprint density at radius 2 is 2.15 bits per heavy atom. The largest absolute Gasteiger partial charge is 0.348 e. The maximum absolute atomic E-state index is 12.8. The summed E-state index contributed by atoms with van der Waals surface area (Å²) in [5.41, 5.74) is 3.38. The van der Waals surface area contributed by atoms with Crippen LogP contribution in [0.4, 0.5) is 0 Å². The number of nitrogens with one attached hydrogen (secondary N) is 1. The van der Waals surface area contributed by atoms with Gasteiger partial charge in [0.2, 0.25) is 0 Å². The van der Waals surface area contributed by atoms with E-state index in [1.807, 2.05) is 22.7 Å². The fourth-order valence-corrected chi connectivity index (χ4v) is 5.25. The Kier molecular flexibility index (Phi) is 4.88. The lowest BCUT2D eigenvalue weighted by Crippen LogP contribution is -2.57. The van der Waals surface area contributed by atoms with Crippen molar-refractivity contribution in [2.75, 3.05) is 26.2 Å². The highest BCUT2D eigenvalue weighted by molar-refractivity contribution is 7.10. The van der Waals surface area contributed by atoms with Crippen LogP contribution in [0.2, 0.25) is 0 Å². The van der Waals surface area contributed by atoms with Crippen molar-refractivity contribution in [1.82, 2.24) is 19.8 Å². The van der Waals surface area contributed by atoms with Crippen molar-refractivity contribution in [1.29, 1.82) is 0 Å². The number of carbonyl (C=O) groups is 1. The van der Waals surface area contributed by atoms with Gasteiger partial charge in [-0.1, -0.05) is 13.3 Å². The molecule has 1 fully saturated rings. The van der Waals surface area contributed by atoms with Gasteiger partial charge in [-0.25, -0.2) is 4.98 Å². The molecule has 2 aliphatic rings. The van der Waals surface area contributed by atoms with Crippen LogP contribution in [0.3, 0.4) is 0 Å². The van der Waals surface area contributed by atoms with Crippen molar-refractivity contribution in [3.63, 3.8) is 0 Å². The first-order valence-corrected chi connectivity index (χ1v) is 10.6. The fourth-order valence-electron chi connectivity index (χ4n) is 4.57. The normalized spacial score (nSPS) is 19.7. The zero-order valence-electron chi connectivity index (χ0n) is 15.8. The average molecular weight is 373 g/mol. The molecule has 1 spiro atoms. The number of hydrogen-bond donors (Lipinski definition) is 1. The van der Waals surface area contributed by atoms with E-state index < -0.39 is 0 Å². The number of unbranched alkanes of at least 4 members (excludes halogenated alkanes) is 1. The fraction of sp³-hybridized carbons (Fsp3) is 0.600. The van der Waals surface area contributed by atoms with E-state index in [0.29, 0.717) is 0 Å². The zero-order chi connectivity index (χ0) is 18.1. The first-order valence-electron chi connectivity index (χ1n) is 9.76. The van der Waals surface area contributed by atoms with Gasteiger partial charge in [0, 0.05) is 42.0 Å². The highest BCUT2D eigenvalue weighted by atomic mass is 32.1. The van der Waals surface area contributed by atoms with Gasteiger partial charge in [-0.2, -0.15) is 0 Å². The maximum atomic E-state index is 12.8. The molecule has 2 aromatic rings. The third-order valence-electron chi connectivity index (χ3n) is 6.03. The monoisotopic (exact) mass is 372 g/mol. The van der Waals surface area contributed by atoms with Crippen LogP contribution in [0.25, 0.3) is 0 Å². The number of hydrogen-bond acceptors (Lipinski definition) is 4. The number of aromatic nitrogens is 2. The van der Waals surface area contributed by atoms with Gasteiger partial charge in [0.05, 0.1) is 23.1 Å². The van der Waals surface area contributed by atoms with Gasteiger partial charge in [-0.15, -0.1) is 11.3 Å². The third-order valence-corrected chi connectivity index (χ3v) is 6.89. The van der Waals surface area contributed by atoms with E-state index in [9.17, 15) is 4.79 Å². The molecule has 0 saturated carbocycles. The molecule has 0 bridgehead atoms. The summed E-state index contributed by atoms with van der Waals surface area (Å²) in [5.74, 6) is 0.183. The van der Waals surface area contributed by atoms with Gasteiger partial charge < -0.3 is 9.88 Å². The molecule has 4 heterocycles. The number of imidazole rings is 1. The maximum Gasteiger partial charge on any atom is 0.254 e. The second kappa shape index (κ2) is 7.16.